The third-order valence-electron chi connectivity index (χ3n) is 3.26. The van der Waals surface area contributed by atoms with Crippen LogP contribution in [0.2, 0.25) is 0 Å². The lowest BCUT2D eigenvalue weighted by Crippen LogP contribution is -2.24. The number of anilines is 2. The number of nitrogen functional groups attached to an aromatic ring is 2. The zero-order valence-corrected chi connectivity index (χ0v) is 13.7. The number of aryl methyl sites for hydroxylation is 2. The molecule has 0 aliphatic carbocycles. The number of hydrogen-bond donors (Lipinski definition) is 2. The summed E-state index contributed by atoms with van der Waals surface area (Å²) in [7, 11) is 0. The van der Waals surface area contributed by atoms with Crippen LogP contribution in [0.5, 0.6) is 0 Å². The Morgan fingerprint density at radius 1 is 1.35 bits per heavy atom. The fraction of sp³-hybridized carbons (Fsp3) is 0.438. The molecule has 1 heterocycles. The van der Waals surface area contributed by atoms with Crippen molar-refractivity contribution in [1.82, 2.24) is 4.98 Å². The molecule has 0 bridgehead atoms. The van der Waals surface area contributed by atoms with Crippen molar-refractivity contribution in [1.29, 1.82) is 0 Å². The number of nitrogens with zero attached hydrogens (tertiary/aromatic N) is 1. The summed E-state index contributed by atoms with van der Waals surface area (Å²) in [4.78, 5) is 28.1. The highest BCUT2D eigenvalue weighted by atomic mass is 16.6. The molecule has 0 fully saturated rings. The van der Waals surface area contributed by atoms with E-state index < -0.39 is 11.2 Å². The Balaban J connectivity index is 2.29. The van der Waals surface area contributed by atoms with E-state index in [1.165, 1.54) is 6.07 Å². The van der Waals surface area contributed by atoms with Crippen molar-refractivity contribution in [3.8, 4) is 0 Å². The molecule has 0 amide bonds. The summed E-state index contributed by atoms with van der Waals surface area (Å²) in [5.74, 6) is -0.216. The SMILES string of the molecule is Cc1c(N)c(N)cc2nc(CCC(=O)OC(C)(C)C)oc(=O)c12. The molecule has 1 aromatic carbocycles. The normalized spacial score (nSPS) is 11.7. The molecule has 0 aliphatic rings. The minimum absolute atomic E-state index is 0.0716. The fourth-order valence-electron chi connectivity index (χ4n) is 2.21. The number of nitrogens with two attached hydrogens (primary N) is 2. The number of fused-ring (bicyclic) bond motifs is 1. The highest BCUT2D eigenvalue weighted by molar-refractivity contribution is 5.91. The van der Waals surface area contributed by atoms with Gasteiger partial charge in [-0.15, -0.1) is 0 Å². The molecular weight excluding hydrogens is 298 g/mol. The molecule has 23 heavy (non-hydrogen) atoms. The van der Waals surface area contributed by atoms with Crippen LogP contribution in [0, 0.1) is 6.92 Å². The number of carbonyl (C=O) groups excluding carboxylic acids is 1. The Hall–Kier alpha value is -2.57. The van der Waals surface area contributed by atoms with Gasteiger partial charge in [0, 0.05) is 6.42 Å². The first-order valence-electron chi connectivity index (χ1n) is 7.28. The van der Waals surface area contributed by atoms with Gasteiger partial charge in [-0.1, -0.05) is 0 Å². The van der Waals surface area contributed by atoms with Gasteiger partial charge in [0.2, 0.25) is 0 Å². The minimum atomic E-state index is -0.558. The van der Waals surface area contributed by atoms with Crippen LogP contribution in [0.3, 0.4) is 0 Å². The number of carbonyl (C=O) groups is 1. The Bertz CT molecular complexity index is 819. The lowest BCUT2D eigenvalue weighted by molar-refractivity contribution is -0.154. The van der Waals surface area contributed by atoms with Crippen molar-refractivity contribution in [2.75, 3.05) is 11.5 Å². The van der Waals surface area contributed by atoms with E-state index in [4.69, 9.17) is 20.6 Å². The van der Waals surface area contributed by atoms with Gasteiger partial charge in [-0.2, -0.15) is 0 Å². The molecule has 7 nitrogen and oxygen atoms in total. The van der Waals surface area contributed by atoms with Crippen LogP contribution in [-0.4, -0.2) is 16.6 Å². The first-order chi connectivity index (χ1) is 10.6. The van der Waals surface area contributed by atoms with E-state index >= 15 is 0 Å². The van der Waals surface area contributed by atoms with Gasteiger partial charge < -0.3 is 20.6 Å². The van der Waals surface area contributed by atoms with Crippen molar-refractivity contribution in [2.45, 2.75) is 46.1 Å². The van der Waals surface area contributed by atoms with Crippen LogP contribution >= 0.6 is 0 Å². The molecular formula is C16H21N3O4. The highest BCUT2D eigenvalue weighted by Crippen LogP contribution is 2.26. The second-order valence-electron chi connectivity index (χ2n) is 6.38. The molecule has 124 valence electrons. The number of esters is 1. The lowest BCUT2D eigenvalue weighted by atomic mass is 10.1. The van der Waals surface area contributed by atoms with Gasteiger partial charge in [-0.05, 0) is 39.3 Å². The molecule has 0 unspecified atom stereocenters. The van der Waals surface area contributed by atoms with Gasteiger partial charge in [-0.3, -0.25) is 4.79 Å². The minimum Gasteiger partial charge on any atom is -0.460 e. The first kappa shape index (κ1) is 16.8. The lowest BCUT2D eigenvalue weighted by Gasteiger charge is -2.19. The summed E-state index contributed by atoms with van der Waals surface area (Å²) in [5.41, 5.74) is 12.2. The van der Waals surface area contributed by atoms with Crippen molar-refractivity contribution in [3.05, 3.63) is 27.9 Å². The number of rotatable bonds is 3. The maximum Gasteiger partial charge on any atom is 0.347 e. The van der Waals surface area contributed by atoms with Crippen molar-refractivity contribution >= 4 is 28.2 Å². The van der Waals surface area contributed by atoms with E-state index in [9.17, 15) is 9.59 Å². The average molecular weight is 319 g/mol. The fourth-order valence-corrected chi connectivity index (χ4v) is 2.21. The smallest absolute Gasteiger partial charge is 0.347 e. The zero-order valence-electron chi connectivity index (χ0n) is 13.7. The second kappa shape index (κ2) is 5.91. The third-order valence-corrected chi connectivity index (χ3v) is 3.26. The zero-order chi connectivity index (χ0) is 17.4. The van der Waals surface area contributed by atoms with E-state index in [1.54, 1.807) is 27.7 Å². The first-order valence-corrected chi connectivity index (χ1v) is 7.28. The summed E-state index contributed by atoms with van der Waals surface area (Å²) < 4.78 is 10.4. The molecule has 0 spiro atoms. The molecule has 0 radical (unpaired) electrons. The Morgan fingerprint density at radius 3 is 2.61 bits per heavy atom. The Labute approximate surface area is 133 Å². The van der Waals surface area contributed by atoms with Crippen LogP contribution in [0.1, 0.15) is 38.6 Å². The van der Waals surface area contributed by atoms with E-state index in [0.717, 1.165) is 0 Å². The number of benzene rings is 1. The number of aromatic nitrogens is 1. The summed E-state index contributed by atoms with van der Waals surface area (Å²) in [6.45, 7) is 7.05. The number of ether oxygens (including phenoxy) is 1. The molecule has 1 aromatic heterocycles. The quantitative estimate of drug-likeness (QED) is 0.654. The van der Waals surface area contributed by atoms with Gasteiger partial charge >= 0.3 is 11.6 Å². The van der Waals surface area contributed by atoms with E-state index in [0.29, 0.717) is 27.8 Å². The van der Waals surface area contributed by atoms with E-state index in [2.05, 4.69) is 4.98 Å². The van der Waals surface area contributed by atoms with Crippen LogP contribution < -0.4 is 17.1 Å². The predicted octanol–water partition coefficient (Wildman–Crippen LogP) is 1.94. The van der Waals surface area contributed by atoms with E-state index in [1.807, 2.05) is 0 Å². The maximum absolute atomic E-state index is 12.1. The molecule has 7 heteroatoms. The van der Waals surface area contributed by atoms with Gasteiger partial charge in [0.1, 0.15) is 5.60 Å². The number of hydrogen-bond acceptors (Lipinski definition) is 7. The van der Waals surface area contributed by atoms with Crippen LogP contribution in [-0.2, 0) is 16.0 Å². The largest absolute Gasteiger partial charge is 0.460 e. The molecule has 0 saturated carbocycles. The molecule has 2 aromatic rings. The average Bonchev–Trinajstić information content (AvgIpc) is 2.40. The van der Waals surface area contributed by atoms with Crippen molar-refractivity contribution in [3.63, 3.8) is 0 Å². The van der Waals surface area contributed by atoms with Crippen LogP contribution in [0.15, 0.2) is 15.3 Å². The van der Waals surface area contributed by atoms with Crippen LogP contribution in [0.25, 0.3) is 10.9 Å². The topological polar surface area (TPSA) is 121 Å². The van der Waals surface area contributed by atoms with Gasteiger partial charge in [0.25, 0.3) is 0 Å². The van der Waals surface area contributed by atoms with Crippen molar-refractivity contribution < 1.29 is 13.9 Å². The molecule has 0 atom stereocenters. The summed E-state index contributed by atoms with van der Waals surface area (Å²) in [6.07, 6.45) is 0.242. The summed E-state index contributed by atoms with van der Waals surface area (Å²) in [5, 5.41) is 0.303. The summed E-state index contributed by atoms with van der Waals surface area (Å²) in [6, 6.07) is 1.53. The third kappa shape index (κ3) is 3.80. The van der Waals surface area contributed by atoms with Crippen LogP contribution in [0.4, 0.5) is 11.4 Å². The molecule has 0 saturated heterocycles. The second-order valence-corrected chi connectivity index (χ2v) is 6.38. The Kier molecular flexibility index (Phi) is 4.31. The molecule has 4 N–H and O–H groups in total. The molecule has 0 aliphatic heterocycles. The van der Waals surface area contributed by atoms with Crippen molar-refractivity contribution in [2.24, 2.45) is 0 Å². The Morgan fingerprint density at radius 2 is 2.00 bits per heavy atom. The summed E-state index contributed by atoms with van der Waals surface area (Å²) >= 11 is 0. The predicted molar refractivity (Wildman–Crippen MR) is 88.0 cm³/mol. The van der Waals surface area contributed by atoms with Gasteiger partial charge in [-0.25, -0.2) is 9.78 Å². The van der Waals surface area contributed by atoms with E-state index in [-0.39, 0.29) is 24.7 Å². The van der Waals surface area contributed by atoms with Gasteiger partial charge in [0.05, 0.1) is 28.7 Å². The molecule has 2 rings (SSSR count). The van der Waals surface area contributed by atoms with Gasteiger partial charge in [0.15, 0.2) is 5.89 Å². The highest BCUT2D eigenvalue weighted by Gasteiger charge is 2.18. The maximum atomic E-state index is 12.1. The monoisotopic (exact) mass is 319 g/mol. The standard InChI is InChI=1S/C16H21N3O4/c1-8-13-10(7-9(17)14(8)18)19-11(22-15(13)21)5-6-12(20)23-16(2,3)4/h7H,5-6,17-18H2,1-4H3.